The van der Waals surface area contributed by atoms with Crippen LogP contribution < -0.4 is 4.90 Å². The van der Waals surface area contributed by atoms with Crippen LogP contribution >= 0.6 is 0 Å². The zero-order chi connectivity index (χ0) is 19.8. The van der Waals surface area contributed by atoms with Crippen molar-refractivity contribution in [2.75, 3.05) is 19.0 Å². The number of hydrogen-bond donors (Lipinski definition) is 1. The predicted molar refractivity (Wildman–Crippen MR) is 109 cm³/mol. The van der Waals surface area contributed by atoms with Gasteiger partial charge in [-0.05, 0) is 43.5 Å². The number of phenolic OH excluding ortho intramolecular Hbond substituents is 1. The second kappa shape index (κ2) is 6.99. The summed E-state index contributed by atoms with van der Waals surface area (Å²) >= 11 is 0. The van der Waals surface area contributed by atoms with Gasteiger partial charge in [0.15, 0.2) is 0 Å². The van der Waals surface area contributed by atoms with Crippen molar-refractivity contribution < 1.29 is 14.4 Å². The Hall–Kier alpha value is -3.35. The third-order valence-electron chi connectivity index (χ3n) is 5.14. The van der Waals surface area contributed by atoms with Crippen LogP contribution in [0.25, 0.3) is 11.0 Å². The van der Waals surface area contributed by atoms with Crippen LogP contribution in [0.2, 0.25) is 0 Å². The first kappa shape index (κ1) is 18.0. The topological polar surface area (TPSA) is 92.1 Å². The Labute approximate surface area is 162 Å². The third-order valence-corrected chi connectivity index (χ3v) is 5.14. The van der Waals surface area contributed by atoms with Crippen molar-refractivity contribution in [1.29, 1.82) is 0 Å². The van der Waals surface area contributed by atoms with E-state index in [4.69, 9.17) is 4.42 Å². The monoisotopic (exact) mass is 379 g/mol. The van der Waals surface area contributed by atoms with E-state index in [1.807, 2.05) is 43.3 Å². The lowest BCUT2D eigenvalue weighted by Crippen LogP contribution is -2.07. The van der Waals surface area contributed by atoms with Gasteiger partial charge in [0.2, 0.25) is 5.75 Å². The number of anilines is 1. The van der Waals surface area contributed by atoms with Crippen LogP contribution in [0, 0.1) is 10.1 Å². The van der Waals surface area contributed by atoms with Gasteiger partial charge in [-0.25, -0.2) is 0 Å². The Morgan fingerprint density at radius 2 is 1.93 bits per heavy atom. The van der Waals surface area contributed by atoms with E-state index in [1.54, 1.807) is 0 Å². The molecule has 1 heterocycles. The first-order chi connectivity index (χ1) is 13.5. The van der Waals surface area contributed by atoms with Crippen LogP contribution in [0.15, 0.2) is 39.7 Å². The summed E-state index contributed by atoms with van der Waals surface area (Å²) in [5, 5.41) is 22.7. The lowest BCUT2D eigenvalue weighted by atomic mass is 9.93. The van der Waals surface area contributed by atoms with Crippen LogP contribution in [-0.4, -0.2) is 30.3 Å². The number of aromatic hydroxyl groups is 1. The van der Waals surface area contributed by atoms with Crippen LogP contribution in [0.3, 0.4) is 0 Å². The molecule has 7 nitrogen and oxygen atoms in total. The van der Waals surface area contributed by atoms with Gasteiger partial charge < -0.3 is 14.4 Å². The fraction of sp³-hybridized carbons (Fsp3) is 0.286. The lowest BCUT2D eigenvalue weighted by Gasteiger charge is -2.11. The SMILES string of the molecule is CN(C)c1ccc(N=Cc2c(O)c([N+](=O)[O-])cc3oc4c(c23)CCCC4)cc1. The fourth-order valence-electron chi connectivity index (χ4n) is 3.67. The number of nitro benzene ring substituents is 1. The van der Waals surface area contributed by atoms with Gasteiger partial charge in [-0.1, -0.05) is 0 Å². The van der Waals surface area contributed by atoms with Gasteiger partial charge in [0.1, 0.15) is 11.3 Å². The lowest BCUT2D eigenvalue weighted by molar-refractivity contribution is -0.385. The molecule has 0 saturated heterocycles. The van der Waals surface area contributed by atoms with E-state index in [1.165, 1.54) is 12.3 Å². The van der Waals surface area contributed by atoms with Crippen LogP contribution in [0.1, 0.15) is 29.7 Å². The Morgan fingerprint density at radius 1 is 1.21 bits per heavy atom. The van der Waals surface area contributed by atoms with Gasteiger partial charge >= 0.3 is 5.69 Å². The summed E-state index contributed by atoms with van der Waals surface area (Å²) in [5.74, 6) is 0.478. The number of aryl methyl sites for hydroxylation is 2. The van der Waals surface area contributed by atoms with Crippen molar-refractivity contribution in [1.82, 2.24) is 0 Å². The van der Waals surface area contributed by atoms with Crippen LogP contribution in [0.4, 0.5) is 17.1 Å². The molecular formula is C21H21N3O4. The van der Waals surface area contributed by atoms with Crippen LogP contribution in [-0.2, 0) is 12.8 Å². The molecule has 1 N–H and O–H groups in total. The average Bonchev–Trinajstić information content (AvgIpc) is 3.05. The molecule has 0 unspecified atom stereocenters. The molecule has 1 aliphatic carbocycles. The molecule has 0 radical (unpaired) electrons. The summed E-state index contributed by atoms with van der Waals surface area (Å²) in [7, 11) is 3.91. The minimum Gasteiger partial charge on any atom is -0.502 e. The molecule has 4 rings (SSSR count). The van der Waals surface area contributed by atoms with Crippen molar-refractivity contribution >= 4 is 34.2 Å². The van der Waals surface area contributed by atoms with E-state index >= 15 is 0 Å². The summed E-state index contributed by atoms with van der Waals surface area (Å²) in [5.41, 5.74) is 3.16. The minimum atomic E-state index is -0.598. The van der Waals surface area contributed by atoms with Crippen molar-refractivity contribution in [3.63, 3.8) is 0 Å². The number of nitro groups is 1. The molecule has 0 amide bonds. The standard InChI is InChI=1S/C21H21N3O4/c1-23(2)14-9-7-13(8-10-14)22-12-16-20-15-5-3-4-6-18(15)28-19(20)11-17(21(16)25)24(26)27/h7-12,25H,3-6H2,1-2H3. The Balaban J connectivity index is 1.85. The Kier molecular flexibility index (Phi) is 4.50. The smallest absolute Gasteiger partial charge is 0.315 e. The number of rotatable bonds is 4. The molecule has 144 valence electrons. The van der Waals surface area contributed by atoms with Gasteiger partial charge in [0.25, 0.3) is 0 Å². The van der Waals surface area contributed by atoms with Crippen molar-refractivity contribution in [2.24, 2.45) is 4.99 Å². The molecule has 0 atom stereocenters. The van der Waals surface area contributed by atoms with Gasteiger partial charge in [-0.2, -0.15) is 0 Å². The summed E-state index contributed by atoms with van der Waals surface area (Å²) in [6, 6.07) is 8.92. The maximum Gasteiger partial charge on any atom is 0.315 e. The Morgan fingerprint density at radius 3 is 2.61 bits per heavy atom. The molecule has 0 fully saturated rings. The number of hydrogen-bond acceptors (Lipinski definition) is 6. The molecule has 1 aliphatic rings. The molecule has 0 aliphatic heterocycles. The number of phenols is 1. The highest BCUT2D eigenvalue weighted by Gasteiger charge is 2.27. The van der Waals surface area contributed by atoms with Crippen molar-refractivity contribution in [3.8, 4) is 5.75 Å². The summed E-state index contributed by atoms with van der Waals surface area (Å²) < 4.78 is 5.89. The second-order valence-corrected chi connectivity index (χ2v) is 7.17. The summed E-state index contributed by atoms with van der Waals surface area (Å²) in [4.78, 5) is 17.2. The predicted octanol–water partition coefficient (Wildman–Crippen LogP) is 4.74. The fourth-order valence-corrected chi connectivity index (χ4v) is 3.67. The highest BCUT2D eigenvalue weighted by atomic mass is 16.6. The number of fused-ring (bicyclic) bond motifs is 3. The van der Waals surface area contributed by atoms with Crippen molar-refractivity contribution in [2.45, 2.75) is 25.7 Å². The molecule has 7 heteroatoms. The molecule has 0 saturated carbocycles. The van der Waals surface area contributed by atoms with E-state index in [0.29, 0.717) is 16.8 Å². The van der Waals surface area contributed by atoms with Gasteiger partial charge in [-0.3, -0.25) is 15.1 Å². The molecule has 1 aromatic heterocycles. The van der Waals surface area contributed by atoms with E-state index in [0.717, 1.165) is 48.1 Å². The first-order valence-corrected chi connectivity index (χ1v) is 9.21. The second-order valence-electron chi connectivity index (χ2n) is 7.17. The van der Waals surface area contributed by atoms with Gasteiger partial charge in [0, 0.05) is 43.4 Å². The van der Waals surface area contributed by atoms with E-state index in [2.05, 4.69) is 4.99 Å². The average molecular weight is 379 g/mol. The number of nitrogens with zero attached hydrogens (tertiary/aromatic N) is 3. The molecule has 28 heavy (non-hydrogen) atoms. The highest BCUT2D eigenvalue weighted by molar-refractivity contribution is 6.05. The van der Waals surface area contributed by atoms with E-state index in [-0.39, 0.29) is 11.4 Å². The minimum absolute atomic E-state index is 0.341. The first-order valence-electron chi connectivity index (χ1n) is 9.21. The van der Waals surface area contributed by atoms with Gasteiger partial charge in [0.05, 0.1) is 22.2 Å². The zero-order valence-electron chi connectivity index (χ0n) is 15.8. The molecular weight excluding hydrogens is 358 g/mol. The quantitative estimate of drug-likeness (QED) is 0.401. The zero-order valence-corrected chi connectivity index (χ0v) is 15.8. The maximum absolute atomic E-state index is 11.4. The van der Waals surface area contributed by atoms with E-state index < -0.39 is 4.92 Å². The Bertz CT molecular complexity index is 1080. The van der Waals surface area contributed by atoms with Crippen LogP contribution in [0.5, 0.6) is 5.75 Å². The number of furan rings is 1. The molecule has 3 aromatic rings. The normalized spacial score (nSPS) is 13.8. The summed E-state index contributed by atoms with van der Waals surface area (Å²) in [6.45, 7) is 0. The van der Waals surface area contributed by atoms with E-state index in [9.17, 15) is 15.2 Å². The molecule has 2 aromatic carbocycles. The van der Waals surface area contributed by atoms with Gasteiger partial charge in [-0.15, -0.1) is 0 Å². The van der Waals surface area contributed by atoms with Crippen molar-refractivity contribution in [3.05, 3.63) is 57.3 Å². The molecule has 0 spiro atoms. The number of aliphatic imine (C=N–C) groups is 1. The third kappa shape index (κ3) is 3.09. The maximum atomic E-state index is 11.4. The summed E-state index contributed by atoms with van der Waals surface area (Å²) in [6.07, 6.45) is 5.20. The highest BCUT2D eigenvalue weighted by Crippen LogP contribution is 2.41. The number of benzene rings is 2. The molecule has 0 bridgehead atoms. The largest absolute Gasteiger partial charge is 0.502 e.